The third kappa shape index (κ3) is 3.39. The van der Waals surface area contributed by atoms with Gasteiger partial charge in [0.2, 0.25) is 5.78 Å². The molecular formula is C23H16O3S. The van der Waals surface area contributed by atoms with Crippen LogP contribution in [-0.2, 0) is 0 Å². The summed E-state index contributed by atoms with van der Waals surface area (Å²) in [7, 11) is 0. The molecule has 1 heterocycles. The van der Waals surface area contributed by atoms with Gasteiger partial charge in [-0.05, 0) is 31.2 Å². The number of fused-ring (bicyclic) bond motifs is 1. The molecule has 0 aliphatic rings. The molecule has 0 bridgehead atoms. The van der Waals surface area contributed by atoms with E-state index in [9.17, 15) is 9.59 Å². The average Bonchev–Trinajstić information content (AvgIpc) is 3.07. The molecule has 0 amide bonds. The number of aryl methyl sites for hydroxylation is 1. The molecule has 0 fully saturated rings. The monoisotopic (exact) mass is 372 g/mol. The minimum atomic E-state index is -0.472. The van der Waals surface area contributed by atoms with E-state index in [1.165, 1.54) is 11.3 Å². The molecule has 3 nitrogen and oxygen atoms in total. The molecule has 27 heavy (non-hydrogen) atoms. The fourth-order valence-corrected chi connectivity index (χ4v) is 3.93. The van der Waals surface area contributed by atoms with Crippen LogP contribution < -0.4 is 4.74 Å². The van der Waals surface area contributed by atoms with Crippen molar-refractivity contribution in [1.29, 1.82) is 0 Å². The van der Waals surface area contributed by atoms with Crippen molar-refractivity contribution >= 4 is 33.2 Å². The molecule has 0 unspecified atom stereocenters. The van der Waals surface area contributed by atoms with Crippen LogP contribution in [0.1, 0.15) is 31.2 Å². The van der Waals surface area contributed by atoms with E-state index >= 15 is 0 Å². The van der Waals surface area contributed by atoms with Gasteiger partial charge in [0.05, 0.1) is 5.56 Å². The highest BCUT2D eigenvalue weighted by Gasteiger charge is 2.23. The largest absolute Gasteiger partial charge is 0.421 e. The summed E-state index contributed by atoms with van der Waals surface area (Å²) in [6, 6.07) is 23.8. The summed E-state index contributed by atoms with van der Waals surface area (Å²) in [6.45, 7) is 1.96. The van der Waals surface area contributed by atoms with Crippen LogP contribution in [0.25, 0.3) is 10.1 Å². The van der Waals surface area contributed by atoms with E-state index in [1.807, 2.05) is 61.5 Å². The minimum Gasteiger partial charge on any atom is -0.421 e. The number of thiophene rings is 1. The fourth-order valence-electron chi connectivity index (χ4n) is 2.83. The lowest BCUT2D eigenvalue weighted by Gasteiger charge is -2.07. The van der Waals surface area contributed by atoms with Crippen LogP contribution in [0.2, 0.25) is 0 Å². The van der Waals surface area contributed by atoms with Gasteiger partial charge >= 0.3 is 5.97 Å². The van der Waals surface area contributed by atoms with Gasteiger partial charge in [0.25, 0.3) is 0 Å². The molecule has 0 saturated carbocycles. The Hall–Kier alpha value is -3.24. The predicted octanol–water partition coefficient (Wildman–Crippen LogP) is 5.66. The quantitative estimate of drug-likeness (QED) is 0.343. The first-order valence-electron chi connectivity index (χ1n) is 8.53. The van der Waals surface area contributed by atoms with Crippen LogP contribution in [0, 0.1) is 6.92 Å². The maximum Gasteiger partial charge on any atom is 0.343 e. The van der Waals surface area contributed by atoms with Crippen LogP contribution in [0.3, 0.4) is 0 Å². The number of ketones is 1. The van der Waals surface area contributed by atoms with Gasteiger partial charge in [-0.3, -0.25) is 4.79 Å². The highest BCUT2D eigenvalue weighted by atomic mass is 32.1. The Bertz CT molecular complexity index is 1130. The number of carbonyl (C=O) groups excluding carboxylic acids is 2. The van der Waals surface area contributed by atoms with Crippen LogP contribution in [0.4, 0.5) is 0 Å². The minimum absolute atomic E-state index is 0.150. The van der Waals surface area contributed by atoms with Crippen LogP contribution in [-0.4, -0.2) is 11.8 Å². The molecule has 0 saturated heterocycles. The van der Waals surface area contributed by atoms with Crippen molar-refractivity contribution in [2.45, 2.75) is 6.92 Å². The van der Waals surface area contributed by atoms with Gasteiger partial charge < -0.3 is 4.74 Å². The summed E-state index contributed by atoms with van der Waals surface area (Å²) in [5, 5.41) is 0.766. The standard InChI is InChI=1S/C23H16O3S/c1-15-11-13-17(14-12-15)23(25)26-21-18-9-5-6-10-19(18)27-22(21)20(24)16-7-3-2-4-8-16/h2-14H,1H3. The lowest BCUT2D eigenvalue weighted by Crippen LogP contribution is -2.10. The molecule has 132 valence electrons. The van der Waals surface area contributed by atoms with Crippen molar-refractivity contribution < 1.29 is 14.3 Å². The third-order valence-corrected chi connectivity index (χ3v) is 5.42. The zero-order chi connectivity index (χ0) is 18.8. The molecule has 1 aromatic heterocycles. The molecule has 3 aromatic carbocycles. The highest BCUT2D eigenvalue weighted by Crippen LogP contribution is 2.39. The molecule has 0 aliphatic carbocycles. The number of esters is 1. The summed E-state index contributed by atoms with van der Waals surface area (Å²) in [4.78, 5) is 26.1. The third-order valence-electron chi connectivity index (χ3n) is 4.27. The zero-order valence-electron chi connectivity index (χ0n) is 14.6. The van der Waals surface area contributed by atoms with E-state index in [0.717, 1.165) is 15.6 Å². The molecule has 4 aromatic rings. The summed E-state index contributed by atoms with van der Waals surface area (Å²) >= 11 is 1.34. The molecule has 4 heteroatoms. The molecule has 4 rings (SSSR count). The van der Waals surface area contributed by atoms with E-state index in [2.05, 4.69) is 0 Å². The molecular weight excluding hydrogens is 356 g/mol. The summed E-state index contributed by atoms with van der Waals surface area (Å²) in [6.07, 6.45) is 0. The maximum absolute atomic E-state index is 13.0. The van der Waals surface area contributed by atoms with Crippen molar-refractivity contribution in [3.63, 3.8) is 0 Å². The number of benzene rings is 3. The summed E-state index contributed by atoms with van der Waals surface area (Å²) in [5.41, 5.74) is 2.08. The van der Waals surface area contributed by atoms with Gasteiger partial charge in [-0.15, -0.1) is 11.3 Å². The van der Waals surface area contributed by atoms with E-state index in [1.54, 1.807) is 24.3 Å². The summed E-state index contributed by atoms with van der Waals surface area (Å²) < 4.78 is 6.62. The normalized spacial score (nSPS) is 10.7. The lowest BCUT2D eigenvalue weighted by molar-refractivity contribution is 0.0736. The number of rotatable bonds is 4. The van der Waals surface area contributed by atoms with Crippen LogP contribution in [0.5, 0.6) is 5.75 Å². The van der Waals surface area contributed by atoms with Gasteiger partial charge in [-0.1, -0.05) is 60.2 Å². The van der Waals surface area contributed by atoms with Crippen molar-refractivity contribution in [1.82, 2.24) is 0 Å². The SMILES string of the molecule is Cc1ccc(C(=O)Oc2c(C(=O)c3ccccc3)sc3ccccc23)cc1. The highest BCUT2D eigenvalue weighted by molar-refractivity contribution is 7.21. The van der Waals surface area contributed by atoms with Crippen LogP contribution in [0.15, 0.2) is 78.9 Å². The zero-order valence-corrected chi connectivity index (χ0v) is 15.5. The Balaban J connectivity index is 1.78. The van der Waals surface area contributed by atoms with Gasteiger partial charge in [0.1, 0.15) is 4.88 Å². The van der Waals surface area contributed by atoms with E-state index in [0.29, 0.717) is 21.8 Å². The van der Waals surface area contributed by atoms with Crippen molar-refractivity contribution in [2.24, 2.45) is 0 Å². The first-order chi connectivity index (χ1) is 13.1. The van der Waals surface area contributed by atoms with Crippen molar-refractivity contribution in [3.8, 4) is 5.75 Å². The second kappa shape index (κ2) is 7.17. The number of hydrogen-bond donors (Lipinski definition) is 0. The van der Waals surface area contributed by atoms with Crippen molar-refractivity contribution in [2.75, 3.05) is 0 Å². The number of carbonyl (C=O) groups is 2. The van der Waals surface area contributed by atoms with Gasteiger partial charge in [0, 0.05) is 15.6 Å². The maximum atomic E-state index is 13.0. The van der Waals surface area contributed by atoms with Gasteiger partial charge in [0.15, 0.2) is 5.75 Å². The van der Waals surface area contributed by atoms with E-state index < -0.39 is 5.97 Å². The second-order valence-corrected chi connectivity index (χ2v) is 7.26. The van der Waals surface area contributed by atoms with E-state index in [-0.39, 0.29) is 5.78 Å². The van der Waals surface area contributed by atoms with E-state index in [4.69, 9.17) is 4.74 Å². The fraction of sp³-hybridized carbons (Fsp3) is 0.0435. The molecule has 0 spiro atoms. The number of ether oxygens (including phenoxy) is 1. The lowest BCUT2D eigenvalue weighted by atomic mass is 10.1. The molecule has 0 radical (unpaired) electrons. The Kier molecular flexibility index (Phi) is 4.57. The molecule has 0 atom stereocenters. The first kappa shape index (κ1) is 17.2. The van der Waals surface area contributed by atoms with Crippen molar-refractivity contribution in [3.05, 3.63) is 100 Å². The average molecular weight is 372 g/mol. The predicted molar refractivity (Wildman–Crippen MR) is 108 cm³/mol. The molecule has 0 aliphatic heterocycles. The topological polar surface area (TPSA) is 43.4 Å². The smallest absolute Gasteiger partial charge is 0.343 e. The first-order valence-corrected chi connectivity index (χ1v) is 9.35. The van der Waals surface area contributed by atoms with Crippen LogP contribution >= 0.6 is 11.3 Å². The Morgan fingerprint density at radius 1 is 0.778 bits per heavy atom. The Labute approximate surface area is 160 Å². The number of hydrogen-bond acceptors (Lipinski definition) is 4. The summed E-state index contributed by atoms with van der Waals surface area (Å²) in [5.74, 6) is -0.292. The molecule has 0 N–H and O–H groups in total. The Morgan fingerprint density at radius 2 is 1.44 bits per heavy atom. The Morgan fingerprint density at radius 3 is 2.19 bits per heavy atom. The van der Waals surface area contributed by atoms with Gasteiger partial charge in [-0.25, -0.2) is 4.79 Å². The van der Waals surface area contributed by atoms with Gasteiger partial charge in [-0.2, -0.15) is 0 Å². The second-order valence-electron chi connectivity index (χ2n) is 6.21.